The Balaban J connectivity index is 2.21. The predicted octanol–water partition coefficient (Wildman–Crippen LogP) is 4.13. The van der Waals surface area contributed by atoms with Crippen molar-refractivity contribution in [3.8, 4) is 5.75 Å². The molecule has 0 aliphatic carbocycles. The third kappa shape index (κ3) is 3.05. The SMILES string of the molecule is Cc1cc(OCc2c(F)cccc2Cl)c(C(=O)O)s1. The van der Waals surface area contributed by atoms with Crippen LogP contribution in [0.2, 0.25) is 5.02 Å². The van der Waals surface area contributed by atoms with Crippen molar-refractivity contribution in [2.24, 2.45) is 0 Å². The van der Waals surface area contributed by atoms with Gasteiger partial charge in [0.05, 0.1) is 5.02 Å². The van der Waals surface area contributed by atoms with Crippen LogP contribution in [0.4, 0.5) is 4.39 Å². The molecule has 1 N–H and O–H groups in total. The highest BCUT2D eigenvalue weighted by Crippen LogP contribution is 2.30. The number of aryl methyl sites for hydroxylation is 1. The molecule has 0 radical (unpaired) electrons. The molecule has 0 fully saturated rings. The molecule has 1 heterocycles. The zero-order valence-corrected chi connectivity index (χ0v) is 11.5. The summed E-state index contributed by atoms with van der Waals surface area (Å²) in [5.41, 5.74) is 0.212. The average molecular weight is 301 g/mol. The largest absolute Gasteiger partial charge is 0.487 e. The van der Waals surface area contributed by atoms with Gasteiger partial charge in [-0.15, -0.1) is 11.3 Å². The van der Waals surface area contributed by atoms with Crippen LogP contribution in [0.3, 0.4) is 0 Å². The number of ether oxygens (including phenoxy) is 1. The van der Waals surface area contributed by atoms with Crippen molar-refractivity contribution in [3.05, 3.63) is 50.4 Å². The summed E-state index contributed by atoms with van der Waals surface area (Å²) >= 11 is 6.98. The highest BCUT2D eigenvalue weighted by atomic mass is 35.5. The molecule has 0 atom stereocenters. The molecule has 2 aromatic rings. The molecule has 0 saturated heterocycles. The maximum Gasteiger partial charge on any atom is 0.349 e. The Morgan fingerprint density at radius 3 is 2.89 bits per heavy atom. The van der Waals surface area contributed by atoms with Gasteiger partial charge < -0.3 is 9.84 Å². The maximum absolute atomic E-state index is 13.5. The second-order valence-electron chi connectivity index (χ2n) is 3.84. The van der Waals surface area contributed by atoms with Crippen LogP contribution in [0.25, 0.3) is 0 Å². The van der Waals surface area contributed by atoms with Gasteiger partial charge in [-0.25, -0.2) is 9.18 Å². The minimum Gasteiger partial charge on any atom is -0.487 e. The molecular formula is C13H10ClFO3S. The molecule has 0 saturated carbocycles. The van der Waals surface area contributed by atoms with E-state index >= 15 is 0 Å². The molecule has 0 aliphatic heterocycles. The Labute approximate surface area is 118 Å². The summed E-state index contributed by atoms with van der Waals surface area (Å²) in [6.45, 7) is 1.67. The van der Waals surface area contributed by atoms with Gasteiger partial charge in [0.2, 0.25) is 0 Å². The molecule has 6 heteroatoms. The molecule has 3 nitrogen and oxygen atoms in total. The third-order valence-corrected chi connectivity index (χ3v) is 3.82. The van der Waals surface area contributed by atoms with Crippen molar-refractivity contribution in [1.82, 2.24) is 0 Å². The number of hydrogen-bond acceptors (Lipinski definition) is 3. The number of hydrogen-bond donors (Lipinski definition) is 1. The van der Waals surface area contributed by atoms with Gasteiger partial charge in [0, 0.05) is 10.4 Å². The summed E-state index contributed by atoms with van der Waals surface area (Å²) in [4.78, 5) is 11.9. The van der Waals surface area contributed by atoms with Gasteiger partial charge in [-0.2, -0.15) is 0 Å². The summed E-state index contributed by atoms with van der Waals surface area (Å²) in [6.07, 6.45) is 0. The summed E-state index contributed by atoms with van der Waals surface area (Å²) in [6, 6.07) is 5.95. The van der Waals surface area contributed by atoms with Crippen LogP contribution >= 0.6 is 22.9 Å². The number of rotatable bonds is 4. The van der Waals surface area contributed by atoms with E-state index in [1.165, 1.54) is 12.1 Å². The number of aromatic carboxylic acids is 1. The van der Waals surface area contributed by atoms with Gasteiger partial charge in [-0.1, -0.05) is 17.7 Å². The van der Waals surface area contributed by atoms with Gasteiger partial charge >= 0.3 is 5.97 Å². The molecule has 0 bridgehead atoms. The highest BCUT2D eigenvalue weighted by molar-refractivity contribution is 7.14. The first-order valence-electron chi connectivity index (χ1n) is 5.38. The van der Waals surface area contributed by atoms with Crippen LogP contribution in [0, 0.1) is 12.7 Å². The van der Waals surface area contributed by atoms with Crippen LogP contribution in [-0.4, -0.2) is 11.1 Å². The van der Waals surface area contributed by atoms with Crippen LogP contribution in [0.5, 0.6) is 5.75 Å². The summed E-state index contributed by atoms with van der Waals surface area (Å²) in [5, 5.41) is 9.27. The van der Waals surface area contributed by atoms with E-state index in [1.54, 1.807) is 19.1 Å². The van der Waals surface area contributed by atoms with Crippen molar-refractivity contribution in [1.29, 1.82) is 0 Å². The van der Waals surface area contributed by atoms with Crippen molar-refractivity contribution < 1.29 is 19.0 Å². The smallest absolute Gasteiger partial charge is 0.349 e. The molecular weight excluding hydrogens is 291 g/mol. The van der Waals surface area contributed by atoms with Crippen molar-refractivity contribution in [3.63, 3.8) is 0 Å². The van der Waals surface area contributed by atoms with E-state index in [0.717, 1.165) is 16.2 Å². The van der Waals surface area contributed by atoms with Gasteiger partial charge in [0.1, 0.15) is 18.2 Å². The third-order valence-electron chi connectivity index (χ3n) is 2.45. The molecule has 0 unspecified atom stereocenters. The van der Waals surface area contributed by atoms with E-state index in [9.17, 15) is 9.18 Å². The Hall–Kier alpha value is -1.59. The average Bonchev–Trinajstić information content (AvgIpc) is 2.70. The first-order chi connectivity index (χ1) is 8.99. The standard InChI is InChI=1S/C13H10ClFO3S/c1-7-5-11(12(19-7)13(16)17)18-6-8-9(14)3-2-4-10(8)15/h2-5H,6H2,1H3,(H,16,17). The zero-order chi connectivity index (χ0) is 14.0. The highest BCUT2D eigenvalue weighted by Gasteiger charge is 2.16. The number of carbonyl (C=O) groups is 1. The zero-order valence-electron chi connectivity index (χ0n) is 9.94. The molecule has 19 heavy (non-hydrogen) atoms. The number of thiophene rings is 1. The normalized spacial score (nSPS) is 10.5. The van der Waals surface area contributed by atoms with Crippen molar-refractivity contribution in [2.75, 3.05) is 0 Å². The predicted molar refractivity (Wildman–Crippen MR) is 71.8 cm³/mol. The van der Waals surface area contributed by atoms with Crippen LogP contribution < -0.4 is 4.74 Å². The molecule has 0 spiro atoms. The van der Waals surface area contributed by atoms with E-state index < -0.39 is 11.8 Å². The molecule has 2 rings (SSSR count). The monoisotopic (exact) mass is 300 g/mol. The van der Waals surface area contributed by atoms with Gasteiger partial charge in [0.25, 0.3) is 0 Å². The molecule has 0 aliphatic rings. The van der Waals surface area contributed by atoms with Gasteiger partial charge in [-0.05, 0) is 25.1 Å². The Morgan fingerprint density at radius 1 is 1.53 bits per heavy atom. The minimum atomic E-state index is -1.06. The first kappa shape index (κ1) is 13.8. The van der Waals surface area contributed by atoms with E-state index in [0.29, 0.717) is 0 Å². The number of carboxylic acids is 1. The van der Waals surface area contributed by atoms with Crippen LogP contribution in [-0.2, 0) is 6.61 Å². The molecule has 0 amide bonds. The Bertz CT molecular complexity index is 604. The molecule has 1 aromatic heterocycles. The second kappa shape index (κ2) is 5.59. The summed E-state index contributed by atoms with van der Waals surface area (Å²) < 4.78 is 18.9. The number of carboxylic acid groups (broad SMARTS) is 1. The lowest BCUT2D eigenvalue weighted by Gasteiger charge is -2.08. The summed E-state index contributed by atoms with van der Waals surface area (Å²) in [7, 11) is 0. The quantitative estimate of drug-likeness (QED) is 0.923. The molecule has 100 valence electrons. The van der Waals surface area contributed by atoms with E-state index in [4.69, 9.17) is 21.4 Å². The Morgan fingerprint density at radius 2 is 2.26 bits per heavy atom. The summed E-state index contributed by atoms with van der Waals surface area (Å²) in [5.74, 6) is -1.31. The van der Waals surface area contributed by atoms with Crippen LogP contribution in [0.15, 0.2) is 24.3 Å². The lowest BCUT2D eigenvalue weighted by Crippen LogP contribution is -2.02. The van der Waals surface area contributed by atoms with Crippen molar-refractivity contribution in [2.45, 2.75) is 13.5 Å². The molecule has 1 aromatic carbocycles. The van der Waals surface area contributed by atoms with E-state index in [1.807, 2.05) is 0 Å². The number of benzene rings is 1. The Kier molecular flexibility index (Phi) is 4.07. The van der Waals surface area contributed by atoms with E-state index in [2.05, 4.69) is 0 Å². The van der Waals surface area contributed by atoms with Gasteiger partial charge in [0.15, 0.2) is 4.88 Å². The van der Waals surface area contributed by atoms with Crippen LogP contribution in [0.1, 0.15) is 20.1 Å². The second-order valence-corrected chi connectivity index (χ2v) is 5.51. The lowest BCUT2D eigenvalue weighted by molar-refractivity contribution is 0.0697. The fourth-order valence-electron chi connectivity index (χ4n) is 1.57. The van der Waals surface area contributed by atoms with Gasteiger partial charge in [-0.3, -0.25) is 0 Å². The topological polar surface area (TPSA) is 46.5 Å². The minimum absolute atomic E-state index is 0.102. The lowest BCUT2D eigenvalue weighted by atomic mass is 10.2. The fraction of sp³-hybridized carbons (Fsp3) is 0.154. The van der Waals surface area contributed by atoms with E-state index in [-0.39, 0.29) is 27.8 Å². The number of halogens is 2. The maximum atomic E-state index is 13.5. The first-order valence-corrected chi connectivity index (χ1v) is 6.58. The van der Waals surface area contributed by atoms with Crippen molar-refractivity contribution >= 4 is 28.9 Å². The fourth-order valence-corrected chi connectivity index (χ4v) is 2.58.